The molecule has 1 fully saturated rings. The first-order valence-electron chi connectivity index (χ1n) is 11.3. The fraction of sp³-hybridized carbons (Fsp3) is 0.360. The van der Waals surface area contributed by atoms with Crippen molar-refractivity contribution >= 4 is 33.7 Å². The van der Waals surface area contributed by atoms with E-state index in [1.54, 1.807) is 18.5 Å². The molecule has 0 saturated carbocycles. The number of non-ortho nitro benzene ring substituents is 1. The van der Waals surface area contributed by atoms with E-state index in [0.717, 1.165) is 48.5 Å². The standard InChI is InChI=1S/C25H29N5O3/c1-17(2)19-6-4-5-7-22(19)27-25(31)18(3)28-12-14-29(15-13-28)23-8-9-24(30(32)33)21-16-26-11-10-20(21)23/h4-11,16-18H,12-15H2,1-3H3,(H,27,31). The van der Waals surface area contributed by atoms with Gasteiger partial charge in [0.15, 0.2) is 0 Å². The molecule has 0 aliphatic carbocycles. The molecular formula is C25H29N5O3. The van der Waals surface area contributed by atoms with Gasteiger partial charge in [0.2, 0.25) is 5.91 Å². The monoisotopic (exact) mass is 447 g/mol. The first-order valence-corrected chi connectivity index (χ1v) is 11.3. The van der Waals surface area contributed by atoms with Gasteiger partial charge >= 0.3 is 0 Å². The highest BCUT2D eigenvalue weighted by Crippen LogP contribution is 2.33. The number of nitro groups is 1. The maximum Gasteiger partial charge on any atom is 0.278 e. The molecule has 33 heavy (non-hydrogen) atoms. The summed E-state index contributed by atoms with van der Waals surface area (Å²) in [4.78, 5) is 32.5. The number of nitrogens with zero attached hydrogens (tertiary/aromatic N) is 4. The third-order valence-corrected chi connectivity index (χ3v) is 6.39. The largest absolute Gasteiger partial charge is 0.368 e. The highest BCUT2D eigenvalue weighted by Gasteiger charge is 2.27. The predicted octanol–water partition coefficient (Wildman–Crippen LogP) is 4.42. The average molecular weight is 448 g/mol. The number of carbonyl (C=O) groups excluding carboxylic acids is 1. The Kier molecular flexibility index (Phi) is 6.55. The number of amides is 1. The molecule has 1 saturated heterocycles. The lowest BCUT2D eigenvalue weighted by Gasteiger charge is -2.39. The van der Waals surface area contributed by atoms with Crippen LogP contribution in [0.15, 0.2) is 54.9 Å². The van der Waals surface area contributed by atoms with Crippen molar-refractivity contribution in [3.63, 3.8) is 0 Å². The molecule has 1 aromatic heterocycles. The SMILES string of the molecule is CC(C)c1ccccc1NC(=O)C(C)N1CCN(c2ccc([N+](=O)[O-])c3cnccc23)CC1. The van der Waals surface area contributed by atoms with E-state index in [2.05, 4.69) is 33.9 Å². The van der Waals surface area contributed by atoms with Gasteiger partial charge < -0.3 is 10.2 Å². The van der Waals surface area contributed by atoms with E-state index in [9.17, 15) is 14.9 Å². The molecular weight excluding hydrogens is 418 g/mol. The molecule has 1 unspecified atom stereocenters. The number of nitro benzene ring substituents is 1. The van der Waals surface area contributed by atoms with Gasteiger partial charge in [-0.05, 0) is 36.6 Å². The summed E-state index contributed by atoms with van der Waals surface area (Å²) in [6, 6.07) is 12.9. The number of anilines is 2. The van der Waals surface area contributed by atoms with Crippen LogP contribution in [0.3, 0.4) is 0 Å². The number of nitrogens with one attached hydrogen (secondary N) is 1. The molecule has 4 rings (SSSR count). The Morgan fingerprint density at radius 3 is 2.45 bits per heavy atom. The second-order valence-corrected chi connectivity index (χ2v) is 8.71. The molecule has 1 N–H and O–H groups in total. The van der Waals surface area contributed by atoms with Crippen LogP contribution >= 0.6 is 0 Å². The van der Waals surface area contributed by atoms with Crippen LogP contribution in [0.2, 0.25) is 0 Å². The maximum atomic E-state index is 13.0. The lowest BCUT2D eigenvalue weighted by atomic mass is 10.0. The molecule has 1 aliphatic heterocycles. The van der Waals surface area contributed by atoms with Crippen LogP contribution in [-0.2, 0) is 4.79 Å². The number of aromatic nitrogens is 1. The average Bonchev–Trinajstić information content (AvgIpc) is 2.83. The quantitative estimate of drug-likeness (QED) is 0.444. The van der Waals surface area contributed by atoms with E-state index < -0.39 is 0 Å². The van der Waals surface area contributed by atoms with Crippen molar-refractivity contribution in [1.29, 1.82) is 0 Å². The number of rotatable bonds is 6. The summed E-state index contributed by atoms with van der Waals surface area (Å²) in [6.45, 7) is 9.09. The molecule has 0 spiro atoms. The van der Waals surface area contributed by atoms with Gasteiger partial charge in [-0.2, -0.15) is 0 Å². The van der Waals surface area contributed by atoms with Gasteiger partial charge in [0.05, 0.1) is 16.4 Å². The number of benzene rings is 2. The number of hydrogen-bond acceptors (Lipinski definition) is 6. The summed E-state index contributed by atoms with van der Waals surface area (Å²) in [7, 11) is 0. The molecule has 1 amide bonds. The van der Waals surface area contributed by atoms with Crippen molar-refractivity contribution in [3.8, 4) is 0 Å². The normalized spacial score (nSPS) is 15.6. The third-order valence-electron chi connectivity index (χ3n) is 6.39. The van der Waals surface area contributed by atoms with Gasteiger partial charge in [-0.1, -0.05) is 32.0 Å². The van der Waals surface area contributed by atoms with Crippen LogP contribution in [0.5, 0.6) is 0 Å². The van der Waals surface area contributed by atoms with Gasteiger partial charge in [0, 0.05) is 61.4 Å². The maximum absolute atomic E-state index is 13.0. The second-order valence-electron chi connectivity index (χ2n) is 8.71. The van der Waals surface area contributed by atoms with Gasteiger partial charge in [-0.25, -0.2) is 0 Å². The molecule has 0 bridgehead atoms. The van der Waals surface area contributed by atoms with E-state index in [-0.39, 0.29) is 22.6 Å². The summed E-state index contributed by atoms with van der Waals surface area (Å²) < 4.78 is 0. The van der Waals surface area contributed by atoms with Gasteiger partial charge in [0.1, 0.15) is 0 Å². The number of fused-ring (bicyclic) bond motifs is 1. The molecule has 0 radical (unpaired) electrons. The van der Waals surface area contributed by atoms with Gasteiger partial charge in [0.25, 0.3) is 5.69 Å². The van der Waals surface area contributed by atoms with Crippen LogP contribution in [0.1, 0.15) is 32.3 Å². The number of pyridine rings is 1. The number of carbonyl (C=O) groups is 1. The zero-order chi connectivity index (χ0) is 23.5. The minimum atomic E-state index is -0.372. The molecule has 8 nitrogen and oxygen atoms in total. The van der Waals surface area contributed by atoms with Crippen molar-refractivity contribution < 1.29 is 9.72 Å². The van der Waals surface area contributed by atoms with Crippen LogP contribution in [-0.4, -0.2) is 52.9 Å². The fourth-order valence-electron chi connectivity index (χ4n) is 4.46. The van der Waals surface area contributed by atoms with Crippen molar-refractivity contribution in [2.75, 3.05) is 36.4 Å². The Labute approximate surface area is 193 Å². The first kappa shape index (κ1) is 22.7. The molecule has 3 aromatic rings. The number of hydrogen-bond donors (Lipinski definition) is 1. The lowest BCUT2D eigenvalue weighted by molar-refractivity contribution is -0.383. The van der Waals surface area contributed by atoms with Crippen molar-refractivity contribution in [3.05, 3.63) is 70.5 Å². The summed E-state index contributed by atoms with van der Waals surface area (Å²) >= 11 is 0. The number of piperazine rings is 1. The Bertz CT molecular complexity index is 1170. The van der Waals surface area contributed by atoms with Crippen molar-refractivity contribution in [2.24, 2.45) is 0 Å². The van der Waals surface area contributed by atoms with Gasteiger partial charge in [-0.3, -0.25) is 24.8 Å². The minimum Gasteiger partial charge on any atom is -0.368 e. The first-order chi connectivity index (χ1) is 15.9. The summed E-state index contributed by atoms with van der Waals surface area (Å²) in [6.07, 6.45) is 3.21. The van der Waals surface area contributed by atoms with Gasteiger partial charge in [-0.15, -0.1) is 0 Å². The van der Waals surface area contributed by atoms with Crippen molar-refractivity contribution in [1.82, 2.24) is 9.88 Å². The fourth-order valence-corrected chi connectivity index (χ4v) is 4.46. The highest BCUT2D eigenvalue weighted by molar-refractivity contribution is 5.99. The Balaban J connectivity index is 1.45. The van der Waals surface area contributed by atoms with Crippen LogP contribution in [0.25, 0.3) is 10.8 Å². The summed E-state index contributed by atoms with van der Waals surface area (Å²) in [5.41, 5.74) is 3.02. The number of para-hydroxylation sites is 1. The van der Waals surface area contributed by atoms with E-state index in [4.69, 9.17) is 0 Å². The third kappa shape index (κ3) is 4.66. The molecule has 8 heteroatoms. The summed E-state index contributed by atoms with van der Waals surface area (Å²) in [5, 5.41) is 15.9. The lowest BCUT2D eigenvalue weighted by Crippen LogP contribution is -2.52. The Hall–Kier alpha value is -3.52. The topological polar surface area (TPSA) is 91.6 Å². The summed E-state index contributed by atoms with van der Waals surface area (Å²) in [5.74, 6) is 0.315. The van der Waals surface area contributed by atoms with Crippen LogP contribution in [0, 0.1) is 10.1 Å². The van der Waals surface area contributed by atoms with E-state index in [1.165, 1.54) is 0 Å². The zero-order valence-corrected chi connectivity index (χ0v) is 19.2. The zero-order valence-electron chi connectivity index (χ0n) is 19.2. The van der Waals surface area contributed by atoms with E-state index in [1.807, 2.05) is 43.3 Å². The smallest absolute Gasteiger partial charge is 0.278 e. The molecule has 2 heterocycles. The molecule has 1 atom stereocenters. The molecule has 172 valence electrons. The second kappa shape index (κ2) is 9.54. The van der Waals surface area contributed by atoms with E-state index in [0.29, 0.717) is 11.3 Å². The Morgan fingerprint density at radius 1 is 1.03 bits per heavy atom. The molecule has 1 aliphatic rings. The Morgan fingerprint density at radius 2 is 1.76 bits per heavy atom. The molecule has 2 aromatic carbocycles. The van der Waals surface area contributed by atoms with Crippen LogP contribution < -0.4 is 10.2 Å². The van der Waals surface area contributed by atoms with Crippen molar-refractivity contribution in [2.45, 2.75) is 32.7 Å². The predicted molar refractivity (Wildman–Crippen MR) is 131 cm³/mol. The van der Waals surface area contributed by atoms with Crippen LogP contribution in [0.4, 0.5) is 17.1 Å². The minimum absolute atomic E-state index is 0.0107. The van der Waals surface area contributed by atoms with E-state index >= 15 is 0 Å². The highest BCUT2D eigenvalue weighted by atomic mass is 16.6.